The number of esters is 1. The van der Waals surface area contributed by atoms with Crippen LogP contribution in [0.4, 0.5) is 0 Å². The first-order valence-corrected chi connectivity index (χ1v) is 12.5. The van der Waals surface area contributed by atoms with Crippen LogP contribution in [-0.2, 0) is 19.1 Å². The van der Waals surface area contributed by atoms with E-state index in [1.807, 2.05) is 18.7 Å². The lowest BCUT2D eigenvalue weighted by Gasteiger charge is -2.71. The third-order valence-corrected chi connectivity index (χ3v) is 9.54. The molecule has 2 saturated heterocycles. The maximum atomic E-state index is 13.8. The lowest BCUT2D eigenvalue weighted by atomic mass is 9.40. The van der Waals surface area contributed by atoms with Gasteiger partial charge >= 0.3 is 5.97 Å². The van der Waals surface area contributed by atoms with Gasteiger partial charge in [0.2, 0.25) is 0 Å². The highest BCUT2D eigenvalue weighted by Gasteiger charge is 2.81. The molecule has 0 aromatic heterocycles. The molecule has 0 amide bonds. The minimum absolute atomic E-state index is 0. The van der Waals surface area contributed by atoms with Gasteiger partial charge in [0, 0.05) is 17.8 Å². The Balaban J connectivity index is 0.00000342. The van der Waals surface area contributed by atoms with Crippen molar-refractivity contribution in [2.24, 2.45) is 16.7 Å². The van der Waals surface area contributed by atoms with Gasteiger partial charge in [-0.3, -0.25) is 14.5 Å². The number of ketones is 1. The van der Waals surface area contributed by atoms with E-state index < -0.39 is 63.6 Å². The topological polar surface area (TPSA) is 117 Å². The lowest BCUT2D eigenvalue weighted by Crippen LogP contribution is -2.86. The van der Waals surface area contributed by atoms with Gasteiger partial charge in [-0.1, -0.05) is 26.8 Å². The average molecular weight is 516 g/mol. The summed E-state index contributed by atoms with van der Waals surface area (Å²) in [5, 5.41) is 35.5. The average Bonchev–Trinajstić information content (AvgIpc) is 3.24. The van der Waals surface area contributed by atoms with Gasteiger partial charge < -0.3 is 24.8 Å². The predicted molar refractivity (Wildman–Crippen MR) is 132 cm³/mol. The van der Waals surface area contributed by atoms with Crippen molar-refractivity contribution in [3.05, 3.63) is 12.7 Å². The van der Waals surface area contributed by atoms with E-state index in [0.29, 0.717) is 12.8 Å². The van der Waals surface area contributed by atoms with Crippen LogP contribution in [0, 0.1) is 16.7 Å². The Hall–Kier alpha value is -1.03. The van der Waals surface area contributed by atoms with E-state index in [1.165, 1.54) is 13.0 Å². The molecule has 0 unspecified atom stereocenters. The highest BCUT2D eigenvalue weighted by molar-refractivity contribution is 5.92. The Kier molecular flexibility index (Phi) is 7.39. The van der Waals surface area contributed by atoms with Gasteiger partial charge in [0.25, 0.3) is 0 Å². The zero-order valence-electron chi connectivity index (χ0n) is 21.6. The molecule has 2 heterocycles. The zero-order chi connectivity index (χ0) is 25.3. The maximum Gasteiger partial charge on any atom is 0.320 e. The molecule has 4 rings (SSSR count). The monoisotopic (exact) mass is 515 g/mol. The molecule has 0 bridgehead atoms. The number of aliphatic hydroxyl groups excluding tert-OH is 2. The first-order chi connectivity index (χ1) is 15.7. The van der Waals surface area contributed by atoms with Gasteiger partial charge in [0.15, 0.2) is 17.5 Å². The van der Waals surface area contributed by atoms with Crippen LogP contribution in [0.15, 0.2) is 12.7 Å². The van der Waals surface area contributed by atoms with Crippen molar-refractivity contribution >= 4 is 24.2 Å². The molecule has 2 aliphatic carbocycles. The summed E-state index contributed by atoms with van der Waals surface area (Å²) in [6.07, 6.45) is 0.733. The number of rotatable bonds is 4. The number of nitrogens with zero attached hydrogens (tertiary/aromatic N) is 1. The van der Waals surface area contributed by atoms with E-state index in [0.717, 1.165) is 25.9 Å². The van der Waals surface area contributed by atoms with Crippen LogP contribution in [0.25, 0.3) is 0 Å². The Morgan fingerprint density at radius 2 is 1.80 bits per heavy atom. The van der Waals surface area contributed by atoms with Crippen LogP contribution >= 0.6 is 12.4 Å². The number of ether oxygens (including phenoxy) is 2. The number of hydrogen-bond acceptors (Lipinski definition) is 8. The summed E-state index contributed by atoms with van der Waals surface area (Å²) in [6.45, 7) is 14.3. The van der Waals surface area contributed by atoms with Gasteiger partial charge in [0.05, 0.1) is 24.4 Å². The van der Waals surface area contributed by atoms with E-state index in [2.05, 4.69) is 6.58 Å². The van der Waals surface area contributed by atoms with Crippen molar-refractivity contribution in [1.29, 1.82) is 0 Å². The van der Waals surface area contributed by atoms with Crippen molar-refractivity contribution in [3.63, 3.8) is 0 Å². The van der Waals surface area contributed by atoms with E-state index in [4.69, 9.17) is 9.47 Å². The fourth-order valence-corrected chi connectivity index (χ4v) is 7.78. The Morgan fingerprint density at radius 1 is 1.20 bits per heavy atom. The van der Waals surface area contributed by atoms with Crippen LogP contribution in [0.5, 0.6) is 0 Å². The standard InChI is InChI=1S/C26H41NO7.ClH/c1-7-23(4)14-17(29)26(32)24(5)16(28)10-11-22(2,3)20(24)19(31)21(25(26,6)34-23)33-18(30)15-27-12-8-9-13-27;/h7,16,19-21,28,31-32H,1,8-15H2,2-6H3;1H/t16-,19-,20-,21-,23-,24-,25+,26-;/m0./s1. The molecule has 35 heavy (non-hydrogen) atoms. The maximum absolute atomic E-state index is 13.8. The van der Waals surface area contributed by atoms with Crippen LogP contribution in [-0.4, -0.2) is 86.7 Å². The molecular formula is C26H42ClNO7. The van der Waals surface area contributed by atoms with E-state index in [1.54, 1.807) is 13.8 Å². The molecule has 0 aromatic rings. The molecule has 2 aliphatic heterocycles. The highest BCUT2D eigenvalue weighted by Crippen LogP contribution is 2.67. The predicted octanol–water partition coefficient (Wildman–Crippen LogP) is 2.02. The summed E-state index contributed by atoms with van der Waals surface area (Å²) < 4.78 is 12.3. The Bertz CT molecular complexity index is 876. The smallest absolute Gasteiger partial charge is 0.320 e. The summed E-state index contributed by atoms with van der Waals surface area (Å²) >= 11 is 0. The lowest BCUT2D eigenvalue weighted by molar-refractivity contribution is -0.370. The summed E-state index contributed by atoms with van der Waals surface area (Å²) in [6, 6.07) is 0. The van der Waals surface area contributed by atoms with Crippen molar-refractivity contribution < 1.29 is 34.4 Å². The van der Waals surface area contributed by atoms with Crippen LogP contribution in [0.2, 0.25) is 0 Å². The molecule has 200 valence electrons. The molecule has 2 saturated carbocycles. The Morgan fingerprint density at radius 3 is 2.37 bits per heavy atom. The molecule has 4 aliphatic rings. The van der Waals surface area contributed by atoms with Crippen LogP contribution < -0.4 is 0 Å². The third kappa shape index (κ3) is 3.91. The fraction of sp³-hybridized carbons (Fsp3) is 0.846. The van der Waals surface area contributed by atoms with Gasteiger partial charge in [0.1, 0.15) is 5.60 Å². The molecule has 8 nitrogen and oxygen atoms in total. The second kappa shape index (κ2) is 9.07. The number of fused-ring (bicyclic) bond motifs is 3. The minimum Gasteiger partial charge on any atom is -0.455 e. The van der Waals surface area contributed by atoms with Gasteiger partial charge in [-0.2, -0.15) is 0 Å². The highest BCUT2D eigenvalue weighted by atomic mass is 35.5. The summed E-state index contributed by atoms with van der Waals surface area (Å²) in [7, 11) is 0. The molecule has 3 N–H and O–H groups in total. The van der Waals surface area contributed by atoms with Gasteiger partial charge in [-0.25, -0.2) is 0 Å². The molecule has 9 heteroatoms. The fourth-order valence-electron chi connectivity index (χ4n) is 7.78. The van der Waals surface area contributed by atoms with Crippen molar-refractivity contribution in [2.45, 2.75) is 102 Å². The summed E-state index contributed by atoms with van der Waals surface area (Å²) in [4.78, 5) is 28.9. The number of Topliss-reactive ketones (excluding diaryl/α,β-unsaturated/α-hetero) is 1. The van der Waals surface area contributed by atoms with Gasteiger partial charge in [-0.15, -0.1) is 19.0 Å². The van der Waals surface area contributed by atoms with E-state index in [-0.39, 0.29) is 25.4 Å². The third-order valence-electron chi connectivity index (χ3n) is 9.54. The largest absolute Gasteiger partial charge is 0.455 e. The summed E-state index contributed by atoms with van der Waals surface area (Å²) in [5.41, 5.74) is -7.08. The number of hydrogen-bond donors (Lipinski definition) is 3. The first kappa shape index (κ1) is 28.5. The van der Waals surface area contributed by atoms with Crippen LogP contribution in [0.3, 0.4) is 0 Å². The van der Waals surface area contributed by atoms with E-state index in [9.17, 15) is 24.9 Å². The number of carbonyl (C=O) groups is 2. The number of aliphatic hydroxyl groups is 3. The zero-order valence-corrected chi connectivity index (χ0v) is 22.4. The Labute approximate surface area is 214 Å². The van der Waals surface area contributed by atoms with Crippen LogP contribution in [0.1, 0.15) is 66.7 Å². The van der Waals surface area contributed by atoms with Crippen molar-refractivity contribution in [2.75, 3.05) is 19.6 Å². The molecule has 0 radical (unpaired) electrons. The first-order valence-electron chi connectivity index (χ1n) is 12.5. The SMILES string of the molecule is C=C[C@@]1(C)CC(=O)[C@]2(O)[C@@]3(C)[C@@H](O)CCC(C)(C)[C@@H]3[C@H](O)[C@H](OC(=O)CN3CCCC3)[C@@]2(C)O1.Cl. The van der Waals surface area contributed by atoms with Crippen molar-refractivity contribution in [3.8, 4) is 0 Å². The molecule has 0 spiro atoms. The minimum atomic E-state index is -2.19. The second-order valence-corrected chi connectivity index (χ2v) is 12.2. The van der Waals surface area contributed by atoms with E-state index >= 15 is 0 Å². The number of likely N-dealkylation sites (tertiary alicyclic amines) is 1. The van der Waals surface area contributed by atoms with Gasteiger partial charge in [-0.05, 0) is 58.0 Å². The molecule has 4 fully saturated rings. The normalized spacial score (nSPS) is 47.3. The quantitative estimate of drug-likeness (QED) is 0.384. The van der Waals surface area contributed by atoms with Crippen molar-refractivity contribution in [1.82, 2.24) is 4.90 Å². The molecule has 8 atom stereocenters. The summed E-state index contributed by atoms with van der Waals surface area (Å²) in [5.74, 6) is -1.75. The number of halogens is 1. The number of carbonyl (C=O) groups excluding carboxylic acids is 2. The second-order valence-electron chi connectivity index (χ2n) is 12.2. The molecular weight excluding hydrogens is 474 g/mol. The molecule has 0 aromatic carbocycles.